The Morgan fingerprint density at radius 1 is 1.39 bits per heavy atom. The lowest BCUT2D eigenvalue weighted by Crippen LogP contribution is -2.30. The third-order valence-corrected chi connectivity index (χ3v) is 6.25. The summed E-state index contributed by atoms with van der Waals surface area (Å²) in [6, 6.07) is 0. The van der Waals surface area contributed by atoms with Gasteiger partial charge in [0.25, 0.3) is 10.0 Å². The normalized spacial score (nSPS) is 28.7. The van der Waals surface area contributed by atoms with Gasteiger partial charge in [0.15, 0.2) is 5.03 Å². The number of alkyl halides is 1. The SMILES string of the molecule is O=S(=O)(c1[nH]ncc1CCl)N1CC2CCCC2C1. The van der Waals surface area contributed by atoms with Gasteiger partial charge in [-0.1, -0.05) is 6.42 Å². The number of hydrogen-bond donors (Lipinski definition) is 1. The molecule has 0 amide bonds. The van der Waals surface area contributed by atoms with Crippen LogP contribution in [0.5, 0.6) is 0 Å². The third kappa shape index (κ3) is 1.87. The molecule has 0 radical (unpaired) electrons. The molecule has 5 nitrogen and oxygen atoms in total. The largest absolute Gasteiger partial charge is 0.266 e. The van der Waals surface area contributed by atoms with Crippen molar-refractivity contribution in [1.82, 2.24) is 14.5 Å². The summed E-state index contributed by atoms with van der Waals surface area (Å²) in [6.07, 6.45) is 5.03. The number of hydrogen-bond acceptors (Lipinski definition) is 3. The van der Waals surface area contributed by atoms with E-state index in [2.05, 4.69) is 10.2 Å². The van der Waals surface area contributed by atoms with E-state index in [1.54, 1.807) is 4.31 Å². The van der Waals surface area contributed by atoms with Gasteiger partial charge >= 0.3 is 0 Å². The molecule has 1 saturated heterocycles. The van der Waals surface area contributed by atoms with E-state index in [1.165, 1.54) is 12.6 Å². The van der Waals surface area contributed by atoms with Crippen LogP contribution < -0.4 is 0 Å². The van der Waals surface area contributed by atoms with Gasteiger partial charge in [0, 0.05) is 18.7 Å². The zero-order valence-corrected chi connectivity index (χ0v) is 11.5. The number of sulfonamides is 1. The maximum atomic E-state index is 12.5. The lowest BCUT2D eigenvalue weighted by atomic mass is 10.0. The summed E-state index contributed by atoms with van der Waals surface area (Å²) in [4.78, 5) is 0. The fourth-order valence-corrected chi connectivity index (χ4v) is 5.07. The van der Waals surface area contributed by atoms with Crippen LogP contribution in [0.1, 0.15) is 24.8 Å². The molecule has 2 fully saturated rings. The third-order valence-electron chi connectivity index (χ3n) is 4.11. The molecule has 7 heteroatoms. The molecule has 18 heavy (non-hydrogen) atoms. The first-order valence-corrected chi connectivity index (χ1v) is 8.18. The van der Waals surface area contributed by atoms with Gasteiger partial charge in [-0.15, -0.1) is 11.6 Å². The number of aromatic amines is 1. The van der Waals surface area contributed by atoms with Crippen LogP contribution in [0.2, 0.25) is 0 Å². The minimum atomic E-state index is -3.45. The minimum absolute atomic E-state index is 0.158. The Balaban J connectivity index is 1.88. The highest BCUT2D eigenvalue weighted by Crippen LogP contribution is 2.39. The number of halogens is 1. The number of H-pyrrole nitrogens is 1. The van der Waals surface area contributed by atoms with Gasteiger partial charge in [-0.3, -0.25) is 5.10 Å². The van der Waals surface area contributed by atoms with Gasteiger partial charge in [-0.25, -0.2) is 8.42 Å². The highest BCUT2D eigenvalue weighted by Gasteiger charge is 2.42. The van der Waals surface area contributed by atoms with E-state index in [0.29, 0.717) is 30.5 Å². The lowest BCUT2D eigenvalue weighted by molar-refractivity contribution is 0.442. The van der Waals surface area contributed by atoms with Crippen molar-refractivity contribution in [3.63, 3.8) is 0 Å². The summed E-state index contributed by atoms with van der Waals surface area (Å²) < 4.78 is 26.6. The highest BCUT2D eigenvalue weighted by molar-refractivity contribution is 7.89. The zero-order valence-electron chi connectivity index (χ0n) is 9.97. The Kier molecular flexibility index (Phi) is 3.11. The molecule has 3 rings (SSSR count). The van der Waals surface area contributed by atoms with E-state index < -0.39 is 10.0 Å². The van der Waals surface area contributed by atoms with Crippen LogP contribution in [0.4, 0.5) is 0 Å². The Hall–Kier alpha value is -0.590. The molecule has 1 aromatic rings. The predicted octanol–water partition coefficient (Wildman–Crippen LogP) is 1.57. The molecule has 2 aliphatic rings. The Labute approximate surface area is 112 Å². The molecule has 2 unspecified atom stereocenters. The Morgan fingerprint density at radius 2 is 2.06 bits per heavy atom. The number of fused-ring (bicyclic) bond motifs is 1. The molecule has 0 bridgehead atoms. The topological polar surface area (TPSA) is 66.1 Å². The van der Waals surface area contributed by atoms with Crippen molar-refractivity contribution in [2.45, 2.75) is 30.2 Å². The van der Waals surface area contributed by atoms with Gasteiger partial charge in [-0.05, 0) is 24.7 Å². The second kappa shape index (κ2) is 4.51. The van der Waals surface area contributed by atoms with E-state index in [-0.39, 0.29) is 10.9 Å². The predicted molar refractivity (Wildman–Crippen MR) is 67.7 cm³/mol. The van der Waals surface area contributed by atoms with E-state index >= 15 is 0 Å². The van der Waals surface area contributed by atoms with Crippen LogP contribution >= 0.6 is 11.6 Å². The summed E-state index contributed by atoms with van der Waals surface area (Å²) in [6.45, 7) is 1.29. The summed E-state index contributed by atoms with van der Waals surface area (Å²) in [5.41, 5.74) is 0.550. The molecule has 1 aliphatic heterocycles. The number of aromatic nitrogens is 2. The number of nitrogens with zero attached hydrogens (tertiary/aromatic N) is 2. The highest BCUT2D eigenvalue weighted by atomic mass is 35.5. The fraction of sp³-hybridized carbons (Fsp3) is 0.727. The minimum Gasteiger partial charge on any atom is -0.266 e. The van der Waals surface area contributed by atoms with Crippen LogP contribution in [-0.4, -0.2) is 36.0 Å². The summed E-state index contributed by atoms with van der Waals surface area (Å²) in [5.74, 6) is 1.25. The van der Waals surface area contributed by atoms with Crippen LogP contribution in [0.3, 0.4) is 0 Å². The van der Waals surface area contributed by atoms with Crippen molar-refractivity contribution in [3.05, 3.63) is 11.8 Å². The Morgan fingerprint density at radius 3 is 2.67 bits per heavy atom. The molecule has 100 valence electrons. The van der Waals surface area contributed by atoms with Crippen molar-refractivity contribution in [2.24, 2.45) is 11.8 Å². The monoisotopic (exact) mass is 289 g/mol. The molecule has 2 heterocycles. The summed E-state index contributed by atoms with van der Waals surface area (Å²) in [5, 5.41) is 6.53. The molecule has 0 aromatic carbocycles. The molecular weight excluding hydrogens is 274 g/mol. The molecule has 1 saturated carbocycles. The quantitative estimate of drug-likeness (QED) is 0.859. The maximum Gasteiger partial charge on any atom is 0.260 e. The molecule has 1 aromatic heterocycles. The van der Waals surface area contributed by atoms with Gasteiger partial charge in [-0.2, -0.15) is 9.40 Å². The lowest BCUT2D eigenvalue weighted by Gasteiger charge is -2.16. The summed E-state index contributed by atoms with van der Waals surface area (Å²) in [7, 11) is -3.45. The Bertz CT molecular complexity index is 530. The van der Waals surface area contributed by atoms with E-state index in [1.807, 2.05) is 0 Å². The van der Waals surface area contributed by atoms with Crippen molar-refractivity contribution < 1.29 is 8.42 Å². The second-order valence-corrected chi connectivity index (χ2v) is 7.27. The van der Waals surface area contributed by atoms with Crippen LogP contribution in [0.25, 0.3) is 0 Å². The fourth-order valence-electron chi connectivity index (χ4n) is 3.14. The number of rotatable bonds is 3. The smallest absolute Gasteiger partial charge is 0.260 e. The van der Waals surface area contributed by atoms with Gasteiger partial charge in [0.2, 0.25) is 0 Å². The van der Waals surface area contributed by atoms with Crippen LogP contribution in [0.15, 0.2) is 11.2 Å². The van der Waals surface area contributed by atoms with Crippen LogP contribution in [0, 0.1) is 11.8 Å². The molecule has 2 atom stereocenters. The van der Waals surface area contributed by atoms with Crippen LogP contribution in [-0.2, 0) is 15.9 Å². The van der Waals surface area contributed by atoms with Gasteiger partial charge in [0.1, 0.15) is 0 Å². The zero-order chi connectivity index (χ0) is 12.8. The van der Waals surface area contributed by atoms with Crippen molar-refractivity contribution in [3.8, 4) is 0 Å². The molecule has 0 spiro atoms. The first-order valence-electron chi connectivity index (χ1n) is 6.21. The van der Waals surface area contributed by atoms with Crippen molar-refractivity contribution in [1.29, 1.82) is 0 Å². The van der Waals surface area contributed by atoms with Gasteiger partial charge < -0.3 is 0 Å². The van der Waals surface area contributed by atoms with Crippen molar-refractivity contribution >= 4 is 21.6 Å². The van der Waals surface area contributed by atoms with E-state index in [9.17, 15) is 8.42 Å². The molecular formula is C11H16ClN3O2S. The molecule has 1 aliphatic carbocycles. The van der Waals surface area contributed by atoms with E-state index in [0.717, 1.165) is 12.8 Å². The van der Waals surface area contributed by atoms with Crippen molar-refractivity contribution in [2.75, 3.05) is 13.1 Å². The number of nitrogens with one attached hydrogen (secondary N) is 1. The second-order valence-electron chi connectivity index (χ2n) is 5.13. The van der Waals surface area contributed by atoms with Gasteiger partial charge in [0.05, 0.1) is 12.1 Å². The summed E-state index contributed by atoms with van der Waals surface area (Å²) >= 11 is 5.74. The maximum absolute atomic E-state index is 12.5. The molecule has 1 N–H and O–H groups in total. The first-order chi connectivity index (χ1) is 8.63. The average molecular weight is 290 g/mol. The first kappa shape index (κ1) is 12.4. The van der Waals surface area contributed by atoms with E-state index in [4.69, 9.17) is 11.6 Å². The standard InChI is InChI=1S/C11H16ClN3O2S/c12-4-10-5-13-14-11(10)18(16,17)15-6-8-2-1-3-9(8)7-15/h5,8-9H,1-4,6-7H2,(H,13,14). The average Bonchev–Trinajstić information content (AvgIpc) is 3.03.